The first kappa shape index (κ1) is 40.7. The minimum atomic E-state index is -1.21. The number of rotatable bonds is 28. The molecule has 0 aromatic heterocycles. The summed E-state index contributed by atoms with van der Waals surface area (Å²) in [5.74, 6) is 0. The van der Waals surface area contributed by atoms with E-state index in [0.717, 1.165) is 57.8 Å². The molecule has 45 heavy (non-hydrogen) atoms. The van der Waals surface area contributed by atoms with E-state index in [2.05, 4.69) is 37.5 Å². The van der Waals surface area contributed by atoms with Crippen molar-refractivity contribution in [2.75, 3.05) is 59.1 Å². The lowest BCUT2D eigenvalue weighted by atomic mass is 9.91. The number of unbranched alkanes of at least 4 members (excludes halogenated alkanes) is 9. The lowest BCUT2D eigenvalue weighted by molar-refractivity contribution is 0.0122. The number of alkyl carbamates (subject to hydrolysis) is 3. The SMILES string of the molecule is C=CC(COC(=O)NCCCCCCN=C=O)(COC(=O)NCCCCCCN=C=O)COC(=O)NCCCCCCN=C=O. The standard InChI is InChI=1S/C30H48N6O9/c1-2-30(21-43-27(40)34-18-12-6-3-9-15-31-24-37,22-44-28(41)35-19-13-7-4-10-16-32-25-38)23-45-29(42)36-20-14-8-5-11-17-33-26-39/h2H,1,3-23H2,(H,34,40)(H,35,41)(H,36,42). The van der Waals surface area contributed by atoms with Crippen LogP contribution in [-0.2, 0) is 28.6 Å². The van der Waals surface area contributed by atoms with Crippen LogP contribution in [0, 0.1) is 5.41 Å². The van der Waals surface area contributed by atoms with Gasteiger partial charge < -0.3 is 30.2 Å². The van der Waals surface area contributed by atoms with Crippen LogP contribution in [0.5, 0.6) is 0 Å². The Balaban J connectivity index is 4.75. The Morgan fingerprint density at radius 3 is 1.09 bits per heavy atom. The Morgan fingerprint density at radius 2 is 0.822 bits per heavy atom. The predicted octanol–water partition coefficient (Wildman–Crippen LogP) is 4.03. The Labute approximate surface area is 264 Å². The molecule has 0 heterocycles. The van der Waals surface area contributed by atoms with Crippen molar-refractivity contribution in [3.8, 4) is 0 Å². The van der Waals surface area contributed by atoms with Crippen molar-refractivity contribution in [3.05, 3.63) is 12.7 Å². The topological polar surface area (TPSA) is 203 Å². The van der Waals surface area contributed by atoms with Gasteiger partial charge in [0.15, 0.2) is 0 Å². The number of hydrogen-bond donors (Lipinski definition) is 3. The molecule has 252 valence electrons. The molecule has 0 radical (unpaired) electrons. The van der Waals surface area contributed by atoms with Gasteiger partial charge in [-0.1, -0.05) is 44.6 Å². The van der Waals surface area contributed by atoms with Gasteiger partial charge in [0.25, 0.3) is 0 Å². The highest BCUT2D eigenvalue weighted by Gasteiger charge is 2.33. The van der Waals surface area contributed by atoms with E-state index >= 15 is 0 Å². The fourth-order valence-corrected chi connectivity index (χ4v) is 3.80. The average molecular weight is 637 g/mol. The zero-order valence-corrected chi connectivity index (χ0v) is 26.1. The molecule has 0 spiro atoms. The zero-order chi connectivity index (χ0) is 33.3. The minimum Gasteiger partial charge on any atom is -0.448 e. The van der Waals surface area contributed by atoms with E-state index < -0.39 is 23.7 Å². The predicted molar refractivity (Wildman–Crippen MR) is 165 cm³/mol. The number of nitrogens with zero attached hydrogens (tertiary/aromatic N) is 3. The van der Waals surface area contributed by atoms with Gasteiger partial charge in [-0.25, -0.2) is 43.7 Å². The normalized spacial score (nSPS) is 11.3. The van der Waals surface area contributed by atoms with Crippen molar-refractivity contribution >= 4 is 36.5 Å². The van der Waals surface area contributed by atoms with Crippen LogP contribution in [0.4, 0.5) is 14.4 Å². The summed E-state index contributed by atoms with van der Waals surface area (Å²) in [5.41, 5.74) is -1.21. The van der Waals surface area contributed by atoms with Crippen LogP contribution in [0.1, 0.15) is 77.0 Å². The molecule has 15 heteroatoms. The fourth-order valence-electron chi connectivity index (χ4n) is 3.80. The van der Waals surface area contributed by atoms with Crippen LogP contribution >= 0.6 is 0 Å². The largest absolute Gasteiger partial charge is 0.448 e. The second kappa shape index (κ2) is 29.7. The number of nitrogens with one attached hydrogen (secondary N) is 3. The third-order valence-electron chi connectivity index (χ3n) is 6.50. The van der Waals surface area contributed by atoms with Gasteiger partial charge >= 0.3 is 18.3 Å². The molecule has 0 atom stereocenters. The summed E-state index contributed by atoms with van der Waals surface area (Å²) >= 11 is 0. The van der Waals surface area contributed by atoms with E-state index in [1.807, 2.05) is 0 Å². The Bertz CT molecular complexity index is 874. The molecular weight excluding hydrogens is 588 g/mol. The monoisotopic (exact) mass is 636 g/mol. The minimum absolute atomic E-state index is 0.265. The molecule has 0 fully saturated rings. The quantitative estimate of drug-likeness (QED) is 0.0372. The van der Waals surface area contributed by atoms with E-state index in [0.29, 0.717) is 58.5 Å². The Morgan fingerprint density at radius 1 is 0.533 bits per heavy atom. The van der Waals surface area contributed by atoms with Gasteiger partial charge in [0.1, 0.15) is 19.8 Å². The van der Waals surface area contributed by atoms with Gasteiger partial charge in [-0.05, 0) is 38.5 Å². The Kier molecular flexibility index (Phi) is 26.9. The first-order valence-corrected chi connectivity index (χ1v) is 15.4. The van der Waals surface area contributed by atoms with Crippen molar-refractivity contribution < 1.29 is 43.0 Å². The second-order valence-corrected chi connectivity index (χ2v) is 10.2. The van der Waals surface area contributed by atoms with E-state index in [4.69, 9.17) is 14.2 Å². The zero-order valence-electron chi connectivity index (χ0n) is 26.1. The van der Waals surface area contributed by atoms with Crippen molar-refractivity contribution in [1.29, 1.82) is 0 Å². The second-order valence-electron chi connectivity index (χ2n) is 10.2. The first-order valence-electron chi connectivity index (χ1n) is 15.4. The molecule has 0 aromatic carbocycles. The van der Waals surface area contributed by atoms with Gasteiger partial charge in [0.05, 0.1) is 25.0 Å². The number of hydrogen-bond acceptors (Lipinski definition) is 12. The van der Waals surface area contributed by atoms with E-state index in [1.165, 1.54) is 24.3 Å². The number of ether oxygens (including phenoxy) is 3. The maximum Gasteiger partial charge on any atom is 0.407 e. The Hall–Kier alpha value is -4.31. The van der Waals surface area contributed by atoms with Crippen molar-refractivity contribution in [1.82, 2.24) is 16.0 Å². The summed E-state index contributed by atoms with van der Waals surface area (Å²) in [6, 6.07) is 0. The maximum atomic E-state index is 12.3. The number of isocyanates is 3. The first-order chi connectivity index (χ1) is 21.9. The molecule has 0 bridgehead atoms. The van der Waals surface area contributed by atoms with Crippen LogP contribution in [0.15, 0.2) is 27.6 Å². The third-order valence-corrected chi connectivity index (χ3v) is 6.50. The molecule has 0 aliphatic carbocycles. The summed E-state index contributed by atoms with van der Waals surface area (Å²) in [5, 5.41) is 7.96. The van der Waals surface area contributed by atoms with E-state index in [9.17, 15) is 28.8 Å². The summed E-state index contributed by atoms with van der Waals surface area (Å²) < 4.78 is 16.1. The molecule has 3 amide bonds. The van der Waals surface area contributed by atoms with E-state index in [-0.39, 0.29) is 19.8 Å². The molecular formula is C30H48N6O9. The summed E-state index contributed by atoms with van der Waals surface area (Å²) in [6.07, 6.45) is 13.3. The lowest BCUT2D eigenvalue weighted by Gasteiger charge is -2.29. The van der Waals surface area contributed by atoms with Gasteiger partial charge in [0, 0.05) is 19.6 Å². The average Bonchev–Trinajstić information content (AvgIpc) is 3.04. The summed E-state index contributed by atoms with van der Waals surface area (Å²) in [7, 11) is 0. The maximum absolute atomic E-state index is 12.3. The lowest BCUT2D eigenvalue weighted by Crippen LogP contribution is -2.41. The molecule has 0 rings (SSSR count). The number of amides is 3. The number of aliphatic imine (C=N–C) groups is 3. The fraction of sp³-hybridized carbons (Fsp3) is 0.733. The molecule has 0 unspecified atom stereocenters. The third kappa shape index (κ3) is 25.9. The van der Waals surface area contributed by atoms with Crippen molar-refractivity contribution in [2.45, 2.75) is 77.0 Å². The van der Waals surface area contributed by atoms with Crippen molar-refractivity contribution in [2.24, 2.45) is 20.4 Å². The molecule has 0 aliphatic heterocycles. The highest BCUT2D eigenvalue weighted by atomic mass is 16.6. The van der Waals surface area contributed by atoms with Gasteiger partial charge in [-0.15, -0.1) is 6.58 Å². The van der Waals surface area contributed by atoms with Crippen molar-refractivity contribution in [3.63, 3.8) is 0 Å². The smallest absolute Gasteiger partial charge is 0.407 e. The molecule has 0 aliphatic rings. The summed E-state index contributed by atoms with van der Waals surface area (Å²) in [4.78, 5) is 77.6. The van der Waals surface area contributed by atoms with E-state index in [1.54, 1.807) is 0 Å². The van der Waals surface area contributed by atoms with Crippen LogP contribution in [-0.4, -0.2) is 95.6 Å². The number of carbonyl (C=O) groups is 3. The van der Waals surface area contributed by atoms with Gasteiger partial charge in [0.2, 0.25) is 18.2 Å². The number of carbonyl (C=O) groups excluding carboxylic acids is 6. The summed E-state index contributed by atoms with van der Waals surface area (Å²) in [6.45, 7) is 5.42. The molecule has 0 aromatic rings. The molecule has 0 saturated heterocycles. The molecule has 0 saturated carbocycles. The van der Waals surface area contributed by atoms with Crippen LogP contribution in [0.3, 0.4) is 0 Å². The van der Waals surface area contributed by atoms with Crippen LogP contribution in [0.25, 0.3) is 0 Å². The highest BCUT2D eigenvalue weighted by molar-refractivity contribution is 5.68. The molecule has 3 N–H and O–H groups in total. The van der Waals surface area contributed by atoms with Crippen LogP contribution in [0.2, 0.25) is 0 Å². The highest BCUT2D eigenvalue weighted by Crippen LogP contribution is 2.21. The van der Waals surface area contributed by atoms with Crippen LogP contribution < -0.4 is 16.0 Å². The van der Waals surface area contributed by atoms with Gasteiger partial charge in [-0.3, -0.25) is 0 Å². The van der Waals surface area contributed by atoms with Gasteiger partial charge in [-0.2, -0.15) is 0 Å². The molecule has 15 nitrogen and oxygen atoms in total.